The fourth-order valence-corrected chi connectivity index (χ4v) is 3.44. The molecular formula is C22H19NO4. The van der Waals surface area contributed by atoms with Gasteiger partial charge in [0.2, 0.25) is 0 Å². The lowest BCUT2D eigenvalue weighted by atomic mass is 10.00. The first-order chi connectivity index (χ1) is 13.1. The van der Waals surface area contributed by atoms with Crippen molar-refractivity contribution in [3.8, 4) is 0 Å². The number of aryl methyl sites for hydroxylation is 1. The Balaban J connectivity index is 1.50. The average molecular weight is 361 g/mol. The molecular weight excluding hydrogens is 342 g/mol. The van der Waals surface area contributed by atoms with Crippen LogP contribution in [0.4, 0.5) is 0 Å². The van der Waals surface area contributed by atoms with E-state index in [4.69, 9.17) is 4.74 Å². The van der Waals surface area contributed by atoms with Gasteiger partial charge in [-0.25, -0.2) is 4.79 Å². The van der Waals surface area contributed by atoms with Crippen LogP contribution in [0.3, 0.4) is 0 Å². The van der Waals surface area contributed by atoms with E-state index in [0.29, 0.717) is 12.8 Å². The molecule has 136 valence electrons. The topological polar surface area (TPSA) is 79.4 Å². The maximum absolute atomic E-state index is 12.7. The molecule has 1 unspecified atom stereocenters. The van der Waals surface area contributed by atoms with Crippen LogP contribution in [0.5, 0.6) is 0 Å². The first kappa shape index (κ1) is 17.1. The van der Waals surface area contributed by atoms with E-state index in [1.165, 1.54) is 0 Å². The quantitative estimate of drug-likeness (QED) is 0.519. The number of nitrogens with one attached hydrogen (secondary N) is 1. The number of Topliss-reactive ketones (excluding diaryl/α,β-unsaturated/α-hetero) is 1. The van der Waals surface area contributed by atoms with Crippen LogP contribution in [-0.4, -0.2) is 27.9 Å². The molecule has 4 rings (SSSR count). The molecule has 2 heterocycles. The number of aliphatic hydroxyl groups excluding tert-OH is 1. The second kappa shape index (κ2) is 7.11. The van der Waals surface area contributed by atoms with Crippen molar-refractivity contribution in [3.63, 3.8) is 0 Å². The maximum atomic E-state index is 12.7. The van der Waals surface area contributed by atoms with Gasteiger partial charge in [0.05, 0.1) is 0 Å². The highest BCUT2D eigenvalue weighted by molar-refractivity contribution is 6.20. The van der Waals surface area contributed by atoms with Crippen LogP contribution in [0, 0.1) is 0 Å². The number of para-hydroxylation sites is 1. The van der Waals surface area contributed by atoms with Crippen molar-refractivity contribution in [1.29, 1.82) is 0 Å². The monoisotopic (exact) mass is 361 g/mol. The van der Waals surface area contributed by atoms with Gasteiger partial charge in [0.15, 0.2) is 17.6 Å². The minimum Gasteiger partial charge on any atom is -0.507 e. The van der Waals surface area contributed by atoms with Gasteiger partial charge in [-0.2, -0.15) is 0 Å². The third-order valence-corrected chi connectivity index (χ3v) is 4.86. The van der Waals surface area contributed by atoms with Gasteiger partial charge in [0.1, 0.15) is 5.57 Å². The number of ether oxygens (including phenoxy) is 1. The van der Waals surface area contributed by atoms with E-state index in [-0.39, 0.29) is 17.8 Å². The number of ketones is 1. The molecule has 0 saturated heterocycles. The molecule has 1 aromatic heterocycles. The number of rotatable bonds is 6. The summed E-state index contributed by atoms with van der Waals surface area (Å²) in [6.45, 7) is 0. The van der Waals surface area contributed by atoms with E-state index >= 15 is 0 Å². The molecule has 0 spiro atoms. The molecule has 27 heavy (non-hydrogen) atoms. The summed E-state index contributed by atoms with van der Waals surface area (Å²) in [5.74, 6) is -1.42. The number of carbonyl (C=O) groups excluding carboxylic acids is 2. The normalized spacial score (nSPS) is 16.7. The molecule has 0 amide bonds. The fourth-order valence-electron chi connectivity index (χ4n) is 3.44. The zero-order valence-corrected chi connectivity index (χ0v) is 14.6. The Morgan fingerprint density at radius 1 is 1.07 bits per heavy atom. The van der Waals surface area contributed by atoms with Crippen LogP contribution in [0.2, 0.25) is 0 Å². The SMILES string of the molecule is O=C(Cc1c[nH]c2ccccc12)C1=C(O)C(CCc2ccccc2)OC1=O. The number of fused-ring (bicyclic) bond motifs is 1. The molecule has 5 heteroatoms. The van der Waals surface area contributed by atoms with Crippen LogP contribution < -0.4 is 0 Å². The summed E-state index contributed by atoms with van der Waals surface area (Å²) in [5.41, 5.74) is 2.57. The van der Waals surface area contributed by atoms with Crippen molar-refractivity contribution in [2.24, 2.45) is 0 Å². The van der Waals surface area contributed by atoms with Gasteiger partial charge in [-0.1, -0.05) is 48.5 Å². The fraction of sp³-hybridized carbons (Fsp3) is 0.182. The third kappa shape index (κ3) is 3.36. The number of benzene rings is 2. The van der Waals surface area contributed by atoms with Gasteiger partial charge in [-0.05, 0) is 30.0 Å². The van der Waals surface area contributed by atoms with Crippen LogP contribution in [0.1, 0.15) is 17.5 Å². The second-order valence-electron chi connectivity index (χ2n) is 6.64. The Kier molecular flexibility index (Phi) is 4.50. The molecule has 3 aromatic rings. The summed E-state index contributed by atoms with van der Waals surface area (Å²) in [4.78, 5) is 27.9. The number of carbonyl (C=O) groups is 2. The third-order valence-electron chi connectivity index (χ3n) is 4.86. The second-order valence-corrected chi connectivity index (χ2v) is 6.64. The van der Waals surface area contributed by atoms with Crippen molar-refractivity contribution < 1.29 is 19.4 Å². The van der Waals surface area contributed by atoms with Crippen LogP contribution in [0.15, 0.2) is 72.1 Å². The summed E-state index contributed by atoms with van der Waals surface area (Å²) >= 11 is 0. The molecule has 2 N–H and O–H groups in total. The van der Waals surface area contributed by atoms with E-state index in [2.05, 4.69) is 4.98 Å². The predicted molar refractivity (Wildman–Crippen MR) is 101 cm³/mol. The molecule has 1 atom stereocenters. The molecule has 0 radical (unpaired) electrons. The van der Waals surface area contributed by atoms with Gasteiger partial charge in [0, 0.05) is 23.5 Å². The minimum absolute atomic E-state index is 0.0317. The Bertz CT molecular complexity index is 1030. The molecule has 1 aliphatic heterocycles. The largest absolute Gasteiger partial charge is 0.507 e. The number of aliphatic hydroxyl groups is 1. The lowest BCUT2D eigenvalue weighted by Gasteiger charge is -2.09. The molecule has 1 aliphatic rings. The Labute approximate surface area is 156 Å². The van der Waals surface area contributed by atoms with Gasteiger partial charge in [-0.3, -0.25) is 4.79 Å². The predicted octanol–water partition coefficient (Wildman–Crippen LogP) is 3.65. The maximum Gasteiger partial charge on any atom is 0.346 e. The lowest BCUT2D eigenvalue weighted by Crippen LogP contribution is -2.13. The molecule has 0 fully saturated rings. The number of cyclic esters (lactones) is 1. The van der Waals surface area contributed by atoms with E-state index in [9.17, 15) is 14.7 Å². The van der Waals surface area contributed by atoms with Crippen LogP contribution >= 0.6 is 0 Å². The molecule has 5 nitrogen and oxygen atoms in total. The average Bonchev–Trinajstić information content (AvgIpc) is 3.21. The minimum atomic E-state index is -0.764. The zero-order chi connectivity index (χ0) is 18.8. The van der Waals surface area contributed by atoms with Gasteiger partial charge < -0.3 is 14.8 Å². The Hall–Kier alpha value is -3.34. The number of aromatic amines is 1. The lowest BCUT2D eigenvalue weighted by molar-refractivity contribution is -0.141. The first-order valence-corrected chi connectivity index (χ1v) is 8.89. The zero-order valence-electron chi connectivity index (χ0n) is 14.6. The number of hydrogen-bond acceptors (Lipinski definition) is 4. The van der Waals surface area contributed by atoms with Crippen molar-refractivity contribution in [1.82, 2.24) is 4.98 Å². The van der Waals surface area contributed by atoms with Gasteiger partial charge in [0.25, 0.3) is 0 Å². The van der Waals surface area contributed by atoms with E-state index in [1.54, 1.807) is 6.20 Å². The Morgan fingerprint density at radius 3 is 2.63 bits per heavy atom. The van der Waals surface area contributed by atoms with Crippen molar-refractivity contribution in [2.45, 2.75) is 25.4 Å². The molecule has 0 saturated carbocycles. The smallest absolute Gasteiger partial charge is 0.346 e. The van der Waals surface area contributed by atoms with E-state index < -0.39 is 17.9 Å². The standard InChI is InChI=1S/C22H19NO4/c24-18(12-15-13-23-17-9-5-4-8-16(15)17)20-21(25)19(27-22(20)26)11-10-14-6-2-1-3-7-14/h1-9,13,19,23,25H,10-12H2. The van der Waals surface area contributed by atoms with Crippen LogP contribution in [-0.2, 0) is 27.2 Å². The van der Waals surface area contributed by atoms with Gasteiger partial charge in [-0.15, -0.1) is 0 Å². The molecule has 0 aliphatic carbocycles. The van der Waals surface area contributed by atoms with Crippen molar-refractivity contribution >= 4 is 22.7 Å². The van der Waals surface area contributed by atoms with Gasteiger partial charge >= 0.3 is 5.97 Å². The summed E-state index contributed by atoms with van der Waals surface area (Å²) < 4.78 is 5.24. The van der Waals surface area contributed by atoms with Crippen LogP contribution in [0.25, 0.3) is 10.9 Å². The van der Waals surface area contributed by atoms with E-state index in [0.717, 1.165) is 22.0 Å². The summed E-state index contributed by atoms with van der Waals surface area (Å²) in [7, 11) is 0. The van der Waals surface area contributed by atoms with Crippen molar-refractivity contribution in [3.05, 3.63) is 83.3 Å². The first-order valence-electron chi connectivity index (χ1n) is 8.89. The summed E-state index contributed by atoms with van der Waals surface area (Å²) in [6, 6.07) is 17.4. The molecule has 0 bridgehead atoms. The highest BCUT2D eigenvalue weighted by atomic mass is 16.6. The number of H-pyrrole nitrogens is 1. The van der Waals surface area contributed by atoms with E-state index in [1.807, 2.05) is 54.6 Å². The highest BCUT2D eigenvalue weighted by Crippen LogP contribution is 2.27. The number of esters is 1. The summed E-state index contributed by atoms with van der Waals surface area (Å²) in [5, 5.41) is 11.3. The summed E-state index contributed by atoms with van der Waals surface area (Å²) in [6.07, 6.45) is 2.11. The molecule has 2 aromatic carbocycles. The highest BCUT2D eigenvalue weighted by Gasteiger charge is 2.37. The Morgan fingerprint density at radius 2 is 1.81 bits per heavy atom. The van der Waals surface area contributed by atoms with Crippen molar-refractivity contribution in [2.75, 3.05) is 0 Å². The number of aromatic nitrogens is 1. The number of hydrogen-bond donors (Lipinski definition) is 2.